The molecule has 0 bridgehead atoms. The number of nitrogen functional groups attached to an aromatic ring is 1. The van der Waals surface area contributed by atoms with Gasteiger partial charge in [-0.15, -0.1) is 0 Å². The third kappa shape index (κ3) is 2.11. The molecule has 0 aliphatic carbocycles. The second-order valence-electron chi connectivity index (χ2n) is 4.53. The van der Waals surface area contributed by atoms with Gasteiger partial charge in [0.15, 0.2) is 0 Å². The molecule has 1 atom stereocenters. The van der Waals surface area contributed by atoms with Crippen molar-refractivity contribution in [3.8, 4) is 0 Å². The molecule has 0 saturated heterocycles. The van der Waals surface area contributed by atoms with Crippen LogP contribution in [0.25, 0.3) is 11.0 Å². The standard InChI is InChI=1S/C14H12Cl2N4/c1-8(11-4-2-3-5-18-11)20-13-7-10(16)9(15)6-12(13)19-14(20)17/h2-8H,1H3,(H2,17,19). The first-order chi connectivity index (χ1) is 9.58. The van der Waals surface area contributed by atoms with Gasteiger partial charge in [-0.25, -0.2) is 4.98 Å². The van der Waals surface area contributed by atoms with Crippen LogP contribution in [0.5, 0.6) is 0 Å². The van der Waals surface area contributed by atoms with Gasteiger partial charge < -0.3 is 10.3 Å². The van der Waals surface area contributed by atoms with Gasteiger partial charge in [-0.1, -0.05) is 29.3 Å². The molecule has 2 aromatic heterocycles. The molecule has 2 heterocycles. The highest BCUT2D eigenvalue weighted by molar-refractivity contribution is 6.42. The van der Waals surface area contributed by atoms with Crippen molar-refractivity contribution >= 4 is 40.2 Å². The summed E-state index contributed by atoms with van der Waals surface area (Å²) in [6.45, 7) is 2.02. The van der Waals surface area contributed by atoms with Crippen molar-refractivity contribution < 1.29 is 0 Å². The molecule has 0 amide bonds. The van der Waals surface area contributed by atoms with Crippen molar-refractivity contribution in [1.82, 2.24) is 14.5 Å². The lowest BCUT2D eigenvalue weighted by atomic mass is 10.2. The summed E-state index contributed by atoms with van der Waals surface area (Å²) in [5.41, 5.74) is 8.50. The quantitative estimate of drug-likeness (QED) is 0.780. The molecule has 0 saturated carbocycles. The molecule has 2 N–H and O–H groups in total. The van der Waals surface area contributed by atoms with Crippen LogP contribution in [0.2, 0.25) is 10.0 Å². The number of nitrogens with two attached hydrogens (primary N) is 1. The van der Waals surface area contributed by atoms with Crippen LogP contribution in [0.4, 0.5) is 5.95 Å². The van der Waals surface area contributed by atoms with Crippen molar-refractivity contribution in [2.45, 2.75) is 13.0 Å². The molecule has 102 valence electrons. The Morgan fingerprint density at radius 2 is 1.95 bits per heavy atom. The Kier molecular flexibility index (Phi) is 3.28. The number of hydrogen-bond acceptors (Lipinski definition) is 3. The normalized spacial score (nSPS) is 12.8. The van der Waals surface area contributed by atoms with E-state index in [9.17, 15) is 0 Å². The van der Waals surface area contributed by atoms with E-state index in [1.807, 2.05) is 29.7 Å². The van der Waals surface area contributed by atoms with Gasteiger partial charge in [0, 0.05) is 6.20 Å². The van der Waals surface area contributed by atoms with E-state index < -0.39 is 0 Å². The molecule has 1 aromatic carbocycles. The van der Waals surface area contributed by atoms with E-state index in [1.165, 1.54) is 0 Å². The number of rotatable bonds is 2. The first-order valence-corrected chi connectivity index (χ1v) is 6.87. The number of halogens is 2. The van der Waals surface area contributed by atoms with Crippen LogP contribution in [-0.2, 0) is 0 Å². The molecule has 0 fully saturated rings. The molecule has 0 spiro atoms. The van der Waals surface area contributed by atoms with E-state index in [1.54, 1.807) is 18.3 Å². The Labute approximate surface area is 126 Å². The number of pyridine rings is 1. The van der Waals surface area contributed by atoms with E-state index in [0.29, 0.717) is 16.0 Å². The first-order valence-electron chi connectivity index (χ1n) is 6.11. The summed E-state index contributed by atoms with van der Waals surface area (Å²) in [4.78, 5) is 8.69. The molecule has 1 unspecified atom stereocenters. The average Bonchev–Trinajstić information content (AvgIpc) is 2.75. The van der Waals surface area contributed by atoms with Crippen LogP contribution in [0.3, 0.4) is 0 Å². The van der Waals surface area contributed by atoms with E-state index >= 15 is 0 Å². The first kappa shape index (κ1) is 13.2. The van der Waals surface area contributed by atoms with E-state index in [-0.39, 0.29) is 6.04 Å². The maximum absolute atomic E-state index is 6.09. The summed E-state index contributed by atoms with van der Waals surface area (Å²) in [5.74, 6) is 0.413. The maximum atomic E-state index is 6.09. The summed E-state index contributed by atoms with van der Waals surface area (Å²) in [5, 5.41) is 0.947. The Morgan fingerprint density at radius 1 is 1.20 bits per heavy atom. The fourth-order valence-corrected chi connectivity index (χ4v) is 2.59. The number of aromatic nitrogens is 3. The lowest BCUT2D eigenvalue weighted by Gasteiger charge is -2.15. The van der Waals surface area contributed by atoms with Gasteiger partial charge in [-0.2, -0.15) is 0 Å². The number of hydrogen-bond donors (Lipinski definition) is 1. The Hall–Kier alpha value is -1.78. The number of anilines is 1. The predicted octanol–water partition coefficient (Wildman–Crippen LogP) is 3.93. The topological polar surface area (TPSA) is 56.7 Å². The number of imidazole rings is 1. The maximum Gasteiger partial charge on any atom is 0.201 e. The SMILES string of the molecule is CC(c1ccccn1)n1c(N)nc2cc(Cl)c(Cl)cc21. The zero-order valence-electron chi connectivity index (χ0n) is 10.7. The van der Waals surface area contributed by atoms with Gasteiger partial charge in [-0.3, -0.25) is 4.98 Å². The molecule has 0 radical (unpaired) electrons. The van der Waals surface area contributed by atoms with Crippen molar-refractivity contribution in [1.29, 1.82) is 0 Å². The van der Waals surface area contributed by atoms with Crippen LogP contribution in [0.15, 0.2) is 36.5 Å². The van der Waals surface area contributed by atoms with Gasteiger partial charge in [0.05, 0.1) is 32.8 Å². The van der Waals surface area contributed by atoms with E-state index in [0.717, 1.165) is 16.7 Å². The molecule has 4 nitrogen and oxygen atoms in total. The van der Waals surface area contributed by atoms with E-state index in [2.05, 4.69) is 9.97 Å². The summed E-state index contributed by atoms with van der Waals surface area (Å²) in [6.07, 6.45) is 1.75. The average molecular weight is 307 g/mol. The molecular formula is C14H12Cl2N4. The lowest BCUT2D eigenvalue weighted by molar-refractivity contribution is 0.647. The van der Waals surface area contributed by atoms with Crippen LogP contribution >= 0.6 is 23.2 Å². The zero-order valence-corrected chi connectivity index (χ0v) is 12.2. The molecule has 20 heavy (non-hydrogen) atoms. The largest absolute Gasteiger partial charge is 0.369 e. The third-order valence-corrected chi connectivity index (χ3v) is 3.98. The van der Waals surface area contributed by atoms with Gasteiger partial charge in [0.2, 0.25) is 5.95 Å². The van der Waals surface area contributed by atoms with Crippen LogP contribution in [0.1, 0.15) is 18.7 Å². The third-order valence-electron chi connectivity index (χ3n) is 3.26. The molecule has 6 heteroatoms. The lowest BCUT2D eigenvalue weighted by Crippen LogP contribution is -2.11. The zero-order chi connectivity index (χ0) is 14.3. The minimum atomic E-state index is -0.0431. The molecule has 0 aliphatic rings. The van der Waals surface area contributed by atoms with Gasteiger partial charge in [0.25, 0.3) is 0 Å². The fraction of sp³-hybridized carbons (Fsp3) is 0.143. The summed E-state index contributed by atoms with van der Waals surface area (Å²) in [6, 6.07) is 9.23. The van der Waals surface area contributed by atoms with Gasteiger partial charge in [-0.05, 0) is 31.2 Å². The van der Waals surface area contributed by atoms with Crippen molar-refractivity contribution in [3.63, 3.8) is 0 Å². The highest BCUT2D eigenvalue weighted by atomic mass is 35.5. The summed E-state index contributed by atoms with van der Waals surface area (Å²) < 4.78 is 1.90. The minimum Gasteiger partial charge on any atom is -0.369 e. The highest BCUT2D eigenvalue weighted by Crippen LogP contribution is 2.32. The molecule has 3 aromatic rings. The molecule has 3 rings (SSSR count). The molecule has 0 aliphatic heterocycles. The monoisotopic (exact) mass is 306 g/mol. The Morgan fingerprint density at radius 3 is 2.65 bits per heavy atom. The van der Waals surface area contributed by atoms with Crippen LogP contribution < -0.4 is 5.73 Å². The second kappa shape index (κ2) is 4.96. The van der Waals surface area contributed by atoms with Crippen molar-refractivity contribution in [2.24, 2.45) is 0 Å². The predicted molar refractivity (Wildman–Crippen MR) is 82.2 cm³/mol. The smallest absolute Gasteiger partial charge is 0.201 e. The Bertz CT molecular complexity index is 768. The van der Waals surface area contributed by atoms with Crippen LogP contribution in [0, 0.1) is 0 Å². The number of fused-ring (bicyclic) bond motifs is 1. The summed E-state index contributed by atoms with van der Waals surface area (Å²) in [7, 11) is 0. The second-order valence-corrected chi connectivity index (χ2v) is 5.34. The van der Waals surface area contributed by atoms with Gasteiger partial charge >= 0.3 is 0 Å². The van der Waals surface area contributed by atoms with Gasteiger partial charge in [0.1, 0.15) is 0 Å². The van der Waals surface area contributed by atoms with Crippen LogP contribution in [-0.4, -0.2) is 14.5 Å². The van der Waals surface area contributed by atoms with Crippen molar-refractivity contribution in [3.05, 3.63) is 52.3 Å². The number of nitrogens with zero attached hydrogens (tertiary/aromatic N) is 3. The number of benzene rings is 1. The van der Waals surface area contributed by atoms with Crippen molar-refractivity contribution in [2.75, 3.05) is 5.73 Å². The Balaban J connectivity index is 2.21. The summed E-state index contributed by atoms with van der Waals surface area (Å²) >= 11 is 12.1. The fourth-order valence-electron chi connectivity index (χ4n) is 2.27. The highest BCUT2D eigenvalue weighted by Gasteiger charge is 2.17. The molecular weight excluding hydrogens is 295 g/mol. The van der Waals surface area contributed by atoms with E-state index in [4.69, 9.17) is 28.9 Å². The minimum absolute atomic E-state index is 0.0431.